The summed E-state index contributed by atoms with van der Waals surface area (Å²) in [5.41, 5.74) is -0.0696. The molecule has 18 heavy (non-hydrogen) atoms. The van der Waals surface area contributed by atoms with E-state index in [1.54, 1.807) is 6.92 Å². The zero-order valence-corrected chi connectivity index (χ0v) is 13.1. The lowest BCUT2D eigenvalue weighted by Gasteiger charge is -2.18. The Labute approximate surface area is 117 Å². The van der Waals surface area contributed by atoms with Crippen LogP contribution in [-0.2, 0) is 5.41 Å². The average molecular weight is 316 g/mol. The molecule has 1 rings (SSSR count). The monoisotopic (exact) mass is 315 g/mol. The number of halogens is 1. The van der Waals surface area contributed by atoms with Crippen LogP contribution in [0.1, 0.15) is 46.4 Å². The quantitative estimate of drug-likeness (QED) is 0.647. The fourth-order valence-corrected chi connectivity index (χ4v) is 1.84. The van der Waals surface area contributed by atoms with Gasteiger partial charge < -0.3 is 10.4 Å². The molecule has 0 aliphatic rings. The highest BCUT2D eigenvalue weighted by atomic mass is 79.9. The third kappa shape index (κ3) is 5.31. The summed E-state index contributed by atoms with van der Waals surface area (Å²) in [6.07, 6.45) is 1.48. The van der Waals surface area contributed by atoms with Crippen LogP contribution in [0.2, 0.25) is 0 Å². The molecule has 0 saturated heterocycles. The van der Waals surface area contributed by atoms with Crippen molar-refractivity contribution in [3.63, 3.8) is 0 Å². The van der Waals surface area contributed by atoms with Gasteiger partial charge in [-0.25, -0.2) is 9.97 Å². The van der Waals surface area contributed by atoms with Gasteiger partial charge in [-0.05, 0) is 35.7 Å². The van der Waals surface area contributed by atoms with Crippen molar-refractivity contribution in [1.29, 1.82) is 0 Å². The largest absolute Gasteiger partial charge is 0.393 e. The molecule has 5 heteroatoms. The van der Waals surface area contributed by atoms with Gasteiger partial charge in [0.05, 0.1) is 6.10 Å². The molecule has 0 fully saturated rings. The second kappa shape index (κ2) is 6.48. The Balaban J connectivity index is 2.63. The Hall–Kier alpha value is -0.680. The van der Waals surface area contributed by atoms with Crippen LogP contribution in [0.3, 0.4) is 0 Å². The molecule has 102 valence electrons. The van der Waals surface area contributed by atoms with E-state index in [-0.39, 0.29) is 11.5 Å². The molecule has 0 aromatic carbocycles. The summed E-state index contributed by atoms with van der Waals surface area (Å²) >= 11 is 3.41. The third-order valence-electron chi connectivity index (χ3n) is 2.47. The molecule has 1 unspecified atom stereocenters. The Morgan fingerprint density at radius 1 is 1.39 bits per heavy atom. The van der Waals surface area contributed by atoms with E-state index >= 15 is 0 Å². The minimum absolute atomic E-state index is 0.0696. The zero-order chi connectivity index (χ0) is 13.8. The highest BCUT2D eigenvalue weighted by Gasteiger charge is 2.18. The summed E-state index contributed by atoms with van der Waals surface area (Å²) in [7, 11) is 0. The lowest BCUT2D eigenvalue weighted by atomic mass is 9.96. The van der Waals surface area contributed by atoms with Crippen molar-refractivity contribution >= 4 is 21.7 Å². The predicted molar refractivity (Wildman–Crippen MR) is 77.8 cm³/mol. The molecule has 0 aliphatic heterocycles. The second-order valence-electron chi connectivity index (χ2n) is 5.57. The Morgan fingerprint density at radius 3 is 2.61 bits per heavy atom. The molecular formula is C13H22BrN3O. The lowest BCUT2D eigenvalue weighted by Crippen LogP contribution is -2.17. The van der Waals surface area contributed by atoms with Crippen molar-refractivity contribution in [2.45, 2.75) is 52.1 Å². The van der Waals surface area contributed by atoms with Crippen LogP contribution in [0.5, 0.6) is 0 Å². The molecule has 2 N–H and O–H groups in total. The molecule has 1 atom stereocenters. The van der Waals surface area contributed by atoms with Crippen LogP contribution in [-0.4, -0.2) is 27.7 Å². The Bertz CT molecular complexity index is 388. The lowest BCUT2D eigenvalue weighted by molar-refractivity contribution is 0.183. The van der Waals surface area contributed by atoms with E-state index in [0.717, 1.165) is 35.6 Å². The van der Waals surface area contributed by atoms with E-state index in [9.17, 15) is 5.11 Å². The molecule has 0 radical (unpaired) electrons. The van der Waals surface area contributed by atoms with E-state index in [4.69, 9.17) is 0 Å². The number of aliphatic hydroxyl groups is 1. The number of aromatic nitrogens is 2. The highest BCUT2D eigenvalue weighted by molar-refractivity contribution is 9.10. The van der Waals surface area contributed by atoms with E-state index in [1.165, 1.54) is 0 Å². The van der Waals surface area contributed by atoms with Crippen LogP contribution in [0, 0.1) is 0 Å². The minimum Gasteiger partial charge on any atom is -0.393 e. The summed E-state index contributed by atoms with van der Waals surface area (Å²) in [5.74, 6) is 1.64. The number of nitrogens with one attached hydrogen (secondary N) is 1. The molecule has 0 bridgehead atoms. The number of nitrogens with zero attached hydrogens (tertiary/aromatic N) is 2. The van der Waals surface area contributed by atoms with E-state index < -0.39 is 0 Å². The van der Waals surface area contributed by atoms with Crippen molar-refractivity contribution in [2.75, 3.05) is 11.9 Å². The fourth-order valence-electron chi connectivity index (χ4n) is 1.46. The van der Waals surface area contributed by atoms with Crippen LogP contribution in [0.25, 0.3) is 0 Å². The Kier molecular flexibility index (Phi) is 5.53. The normalized spacial score (nSPS) is 13.4. The fraction of sp³-hybridized carbons (Fsp3) is 0.692. The van der Waals surface area contributed by atoms with Crippen molar-refractivity contribution in [1.82, 2.24) is 9.97 Å². The minimum atomic E-state index is -0.242. The van der Waals surface area contributed by atoms with Gasteiger partial charge in [0.2, 0.25) is 0 Å². The smallest absolute Gasteiger partial charge is 0.137 e. The maximum absolute atomic E-state index is 9.18. The molecule has 0 amide bonds. The van der Waals surface area contributed by atoms with Gasteiger partial charge in [0.15, 0.2) is 0 Å². The molecule has 0 spiro atoms. The highest BCUT2D eigenvalue weighted by Crippen LogP contribution is 2.22. The van der Waals surface area contributed by atoms with Gasteiger partial charge >= 0.3 is 0 Å². The third-order valence-corrected chi connectivity index (χ3v) is 2.88. The maximum Gasteiger partial charge on any atom is 0.137 e. The maximum atomic E-state index is 9.18. The van der Waals surface area contributed by atoms with Crippen molar-refractivity contribution < 1.29 is 5.11 Å². The summed E-state index contributed by atoms with van der Waals surface area (Å²) in [5, 5.41) is 12.4. The average Bonchev–Trinajstić information content (AvgIpc) is 2.22. The van der Waals surface area contributed by atoms with Gasteiger partial charge in [-0.15, -0.1) is 0 Å². The van der Waals surface area contributed by atoms with Gasteiger partial charge in [0.1, 0.15) is 16.2 Å². The molecule has 4 nitrogen and oxygen atoms in total. The number of hydrogen-bond acceptors (Lipinski definition) is 4. The van der Waals surface area contributed by atoms with Crippen LogP contribution in [0.15, 0.2) is 10.7 Å². The first kappa shape index (κ1) is 15.4. The molecule has 1 aromatic heterocycles. The molecule has 0 saturated carbocycles. The summed E-state index contributed by atoms with van der Waals surface area (Å²) < 4.78 is 0.792. The molecule has 1 aromatic rings. The topological polar surface area (TPSA) is 58.0 Å². The summed E-state index contributed by atoms with van der Waals surface area (Å²) in [4.78, 5) is 8.89. The molecular weight excluding hydrogens is 294 g/mol. The van der Waals surface area contributed by atoms with Crippen LogP contribution in [0.4, 0.5) is 5.82 Å². The molecule has 1 heterocycles. The number of rotatable bonds is 5. The van der Waals surface area contributed by atoms with Crippen LogP contribution >= 0.6 is 15.9 Å². The predicted octanol–water partition coefficient (Wildman–Crippen LogP) is 3.11. The molecule has 0 aliphatic carbocycles. The number of anilines is 1. The van der Waals surface area contributed by atoms with Gasteiger partial charge in [-0.2, -0.15) is 0 Å². The standard InChI is InChI=1S/C13H22BrN3O/c1-9(18)6-5-7-15-11-8-10(14)16-12(17-11)13(2,3)4/h8-9,18H,5-7H2,1-4H3,(H,15,16,17). The number of hydrogen-bond donors (Lipinski definition) is 2. The first-order chi connectivity index (χ1) is 8.29. The van der Waals surface area contributed by atoms with Crippen molar-refractivity contribution in [3.8, 4) is 0 Å². The second-order valence-corrected chi connectivity index (χ2v) is 6.38. The van der Waals surface area contributed by atoms with E-state index in [0.29, 0.717) is 0 Å². The van der Waals surface area contributed by atoms with E-state index in [2.05, 4.69) is 52.0 Å². The van der Waals surface area contributed by atoms with Crippen molar-refractivity contribution in [3.05, 3.63) is 16.5 Å². The van der Waals surface area contributed by atoms with Crippen molar-refractivity contribution in [2.24, 2.45) is 0 Å². The van der Waals surface area contributed by atoms with Gasteiger partial charge in [-0.1, -0.05) is 20.8 Å². The van der Waals surface area contributed by atoms with Gasteiger partial charge in [-0.3, -0.25) is 0 Å². The van der Waals surface area contributed by atoms with Crippen LogP contribution < -0.4 is 5.32 Å². The van der Waals surface area contributed by atoms with Gasteiger partial charge in [0.25, 0.3) is 0 Å². The first-order valence-corrected chi connectivity index (χ1v) is 7.05. The van der Waals surface area contributed by atoms with Gasteiger partial charge in [0, 0.05) is 18.0 Å². The summed E-state index contributed by atoms with van der Waals surface area (Å²) in [6.45, 7) is 8.88. The number of aliphatic hydroxyl groups excluding tert-OH is 1. The van der Waals surface area contributed by atoms with E-state index in [1.807, 2.05) is 6.07 Å². The SMILES string of the molecule is CC(O)CCCNc1cc(Br)nc(C(C)(C)C)n1. The zero-order valence-electron chi connectivity index (χ0n) is 11.5. The summed E-state index contributed by atoms with van der Waals surface area (Å²) in [6, 6.07) is 1.87. The Morgan fingerprint density at radius 2 is 2.06 bits per heavy atom. The first-order valence-electron chi connectivity index (χ1n) is 6.26.